The summed E-state index contributed by atoms with van der Waals surface area (Å²) in [7, 11) is 1.49. The number of ether oxygens (including phenoxy) is 2. The lowest BCUT2D eigenvalue weighted by Gasteiger charge is -2.12. The van der Waals surface area contributed by atoms with Gasteiger partial charge >= 0.3 is 0 Å². The Hall–Kier alpha value is -1.59. The second-order valence-electron chi connectivity index (χ2n) is 4.47. The molecule has 19 heavy (non-hydrogen) atoms. The van der Waals surface area contributed by atoms with E-state index in [1.165, 1.54) is 7.11 Å². The van der Waals surface area contributed by atoms with Crippen LogP contribution in [0.3, 0.4) is 0 Å². The van der Waals surface area contributed by atoms with E-state index >= 15 is 0 Å². The van der Waals surface area contributed by atoms with Gasteiger partial charge in [0.25, 0.3) is 5.91 Å². The first-order valence-corrected chi connectivity index (χ1v) is 6.16. The van der Waals surface area contributed by atoms with Gasteiger partial charge in [-0.3, -0.25) is 4.79 Å². The summed E-state index contributed by atoms with van der Waals surface area (Å²) >= 11 is 0. The summed E-state index contributed by atoms with van der Waals surface area (Å²) in [6, 6.07) is 5.83. The summed E-state index contributed by atoms with van der Waals surface area (Å²) in [5.74, 6) is 0.434. The minimum Gasteiger partial charge on any atom is -0.483 e. The fraction of sp³-hybridized carbons (Fsp3) is 0.500. The Morgan fingerprint density at radius 3 is 2.84 bits per heavy atom. The Labute approximate surface area is 113 Å². The molecule has 1 rings (SSSR count). The number of nitrogens with one attached hydrogen (secondary N) is 1. The maximum atomic E-state index is 11.5. The monoisotopic (exact) mass is 267 g/mol. The van der Waals surface area contributed by atoms with Crippen LogP contribution in [0.2, 0.25) is 0 Å². The van der Waals surface area contributed by atoms with Crippen molar-refractivity contribution < 1.29 is 19.4 Å². The minimum absolute atomic E-state index is 0.0655. The molecule has 1 aromatic carbocycles. The summed E-state index contributed by atoms with van der Waals surface area (Å²) in [5, 5.41) is 12.0. The number of methoxy groups -OCH3 is 1. The van der Waals surface area contributed by atoms with Crippen molar-refractivity contribution in [1.29, 1.82) is 0 Å². The van der Waals surface area contributed by atoms with Crippen molar-refractivity contribution in [2.24, 2.45) is 0 Å². The van der Waals surface area contributed by atoms with Crippen LogP contribution < -0.4 is 10.1 Å². The van der Waals surface area contributed by atoms with Crippen LogP contribution in [0.25, 0.3) is 0 Å². The Balaban J connectivity index is 2.35. The highest BCUT2D eigenvalue weighted by molar-refractivity contribution is 5.77. The van der Waals surface area contributed by atoms with E-state index in [1.54, 1.807) is 0 Å². The number of aliphatic hydroxyl groups excluding tert-OH is 1. The highest BCUT2D eigenvalue weighted by Gasteiger charge is 2.08. The highest BCUT2D eigenvalue weighted by Crippen LogP contribution is 2.18. The zero-order valence-electron chi connectivity index (χ0n) is 11.6. The molecule has 0 heterocycles. The maximum Gasteiger partial charge on any atom is 0.258 e. The van der Waals surface area contributed by atoms with E-state index < -0.39 is 6.10 Å². The van der Waals surface area contributed by atoms with E-state index in [0.717, 1.165) is 11.1 Å². The predicted molar refractivity (Wildman–Crippen MR) is 72.3 cm³/mol. The van der Waals surface area contributed by atoms with Crippen molar-refractivity contribution in [3.8, 4) is 5.75 Å². The van der Waals surface area contributed by atoms with Gasteiger partial charge in [-0.05, 0) is 31.0 Å². The van der Waals surface area contributed by atoms with Crippen molar-refractivity contribution >= 4 is 5.91 Å². The second kappa shape index (κ2) is 7.76. The molecule has 2 N–H and O–H groups in total. The Bertz CT molecular complexity index is 420. The lowest BCUT2D eigenvalue weighted by molar-refractivity contribution is -0.123. The first-order chi connectivity index (χ1) is 9.02. The third-order valence-electron chi connectivity index (χ3n) is 2.60. The van der Waals surface area contributed by atoms with Crippen LogP contribution in [0, 0.1) is 13.8 Å². The van der Waals surface area contributed by atoms with E-state index in [0.29, 0.717) is 5.75 Å². The average Bonchev–Trinajstić information content (AvgIpc) is 2.38. The van der Waals surface area contributed by atoms with Gasteiger partial charge in [-0.25, -0.2) is 0 Å². The highest BCUT2D eigenvalue weighted by atomic mass is 16.5. The molecule has 5 heteroatoms. The standard InChI is InChI=1S/C14H21NO4/c1-10-4-5-11(2)13(6-10)19-9-14(17)15-7-12(16)8-18-3/h4-6,12,16H,7-9H2,1-3H3,(H,15,17). The largest absolute Gasteiger partial charge is 0.483 e. The summed E-state index contributed by atoms with van der Waals surface area (Å²) < 4.78 is 10.2. The van der Waals surface area contributed by atoms with Gasteiger partial charge in [-0.15, -0.1) is 0 Å². The van der Waals surface area contributed by atoms with Gasteiger partial charge in [0.05, 0.1) is 12.7 Å². The van der Waals surface area contributed by atoms with Gasteiger partial charge in [-0.1, -0.05) is 12.1 Å². The van der Waals surface area contributed by atoms with Crippen LogP contribution >= 0.6 is 0 Å². The summed E-state index contributed by atoms with van der Waals surface area (Å²) in [5.41, 5.74) is 2.06. The van der Waals surface area contributed by atoms with Crippen molar-refractivity contribution in [2.75, 3.05) is 26.9 Å². The fourth-order valence-corrected chi connectivity index (χ4v) is 1.54. The Kier molecular flexibility index (Phi) is 6.32. The fourth-order valence-electron chi connectivity index (χ4n) is 1.54. The predicted octanol–water partition coefficient (Wildman–Crippen LogP) is 0.806. The molecular formula is C14H21NO4. The molecule has 0 aliphatic heterocycles. The Morgan fingerprint density at radius 2 is 2.16 bits per heavy atom. The second-order valence-corrected chi connectivity index (χ2v) is 4.47. The van der Waals surface area contributed by atoms with E-state index in [1.807, 2.05) is 32.0 Å². The molecular weight excluding hydrogens is 246 g/mol. The lowest BCUT2D eigenvalue weighted by atomic mass is 10.1. The van der Waals surface area contributed by atoms with Crippen molar-refractivity contribution in [3.63, 3.8) is 0 Å². The normalized spacial score (nSPS) is 12.0. The molecule has 0 aliphatic rings. The minimum atomic E-state index is -0.699. The van der Waals surface area contributed by atoms with Gasteiger partial charge in [0.2, 0.25) is 0 Å². The first-order valence-electron chi connectivity index (χ1n) is 6.16. The molecule has 1 amide bonds. The van der Waals surface area contributed by atoms with Gasteiger partial charge in [0, 0.05) is 13.7 Å². The Morgan fingerprint density at radius 1 is 1.42 bits per heavy atom. The van der Waals surface area contributed by atoms with E-state index in [-0.39, 0.29) is 25.7 Å². The van der Waals surface area contributed by atoms with E-state index in [4.69, 9.17) is 9.47 Å². The molecule has 0 aliphatic carbocycles. The average molecular weight is 267 g/mol. The van der Waals surface area contributed by atoms with Gasteiger partial charge < -0.3 is 19.9 Å². The van der Waals surface area contributed by atoms with Crippen LogP contribution in [-0.4, -0.2) is 44.0 Å². The molecule has 106 valence electrons. The molecule has 0 spiro atoms. The SMILES string of the molecule is COCC(O)CNC(=O)COc1cc(C)ccc1C. The topological polar surface area (TPSA) is 67.8 Å². The number of hydrogen-bond acceptors (Lipinski definition) is 4. The zero-order valence-corrected chi connectivity index (χ0v) is 11.6. The number of aliphatic hydroxyl groups is 1. The molecule has 1 aromatic rings. The van der Waals surface area contributed by atoms with Crippen molar-refractivity contribution in [3.05, 3.63) is 29.3 Å². The molecule has 0 radical (unpaired) electrons. The van der Waals surface area contributed by atoms with Crippen LogP contribution in [-0.2, 0) is 9.53 Å². The van der Waals surface area contributed by atoms with Crippen LogP contribution in [0.4, 0.5) is 0 Å². The van der Waals surface area contributed by atoms with Crippen molar-refractivity contribution in [2.45, 2.75) is 20.0 Å². The molecule has 0 saturated carbocycles. The maximum absolute atomic E-state index is 11.5. The van der Waals surface area contributed by atoms with Crippen LogP contribution in [0.5, 0.6) is 5.75 Å². The number of carbonyl (C=O) groups excluding carboxylic acids is 1. The summed E-state index contributed by atoms with van der Waals surface area (Å²) in [6.45, 7) is 4.17. The number of rotatable bonds is 7. The number of benzene rings is 1. The molecule has 5 nitrogen and oxygen atoms in total. The quantitative estimate of drug-likeness (QED) is 0.767. The molecule has 0 saturated heterocycles. The van der Waals surface area contributed by atoms with E-state index in [2.05, 4.69) is 5.32 Å². The molecule has 0 fully saturated rings. The zero-order chi connectivity index (χ0) is 14.3. The molecule has 0 bridgehead atoms. The van der Waals surface area contributed by atoms with Crippen LogP contribution in [0.15, 0.2) is 18.2 Å². The van der Waals surface area contributed by atoms with Crippen LogP contribution in [0.1, 0.15) is 11.1 Å². The van der Waals surface area contributed by atoms with Gasteiger partial charge in [0.1, 0.15) is 5.75 Å². The summed E-state index contributed by atoms with van der Waals surface area (Å²) in [6.07, 6.45) is -0.699. The molecule has 0 aromatic heterocycles. The van der Waals surface area contributed by atoms with E-state index in [9.17, 15) is 9.90 Å². The smallest absolute Gasteiger partial charge is 0.258 e. The number of aryl methyl sites for hydroxylation is 2. The lowest BCUT2D eigenvalue weighted by Crippen LogP contribution is -2.37. The molecule has 1 unspecified atom stereocenters. The van der Waals surface area contributed by atoms with Gasteiger partial charge in [0.15, 0.2) is 6.61 Å². The first kappa shape index (κ1) is 15.5. The summed E-state index contributed by atoms with van der Waals surface area (Å²) in [4.78, 5) is 11.5. The number of hydrogen-bond donors (Lipinski definition) is 2. The molecule has 1 atom stereocenters. The third kappa shape index (κ3) is 5.72. The third-order valence-corrected chi connectivity index (χ3v) is 2.60. The number of carbonyl (C=O) groups is 1. The number of amides is 1. The van der Waals surface area contributed by atoms with Gasteiger partial charge in [-0.2, -0.15) is 0 Å². The van der Waals surface area contributed by atoms with Crippen molar-refractivity contribution in [1.82, 2.24) is 5.32 Å².